The van der Waals surface area contributed by atoms with E-state index < -0.39 is 0 Å². The summed E-state index contributed by atoms with van der Waals surface area (Å²) in [6.45, 7) is 4.92. The average molecular weight is 395 g/mol. The Morgan fingerprint density at radius 1 is 1.18 bits per heavy atom. The molecule has 2 rings (SSSR count). The van der Waals surface area contributed by atoms with Crippen LogP contribution in [0.2, 0.25) is 0 Å². The molecule has 1 aromatic heterocycles. The lowest BCUT2D eigenvalue weighted by Crippen LogP contribution is -2.39. The number of hydrogen-bond donors (Lipinski definition) is 1. The molecule has 0 aliphatic carbocycles. The number of hydrogen-bond acceptors (Lipinski definition) is 7. The summed E-state index contributed by atoms with van der Waals surface area (Å²) in [5, 5.41) is 6.22. The number of carbonyl (C=O) groups excluding carboxylic acids is 2. The molecule has 8 nitrogen and oxygen atoms in total. The number of rotatable bonds is 11. The third-order valence-corrected chi connectivity index (χ3v) is 5.00. The van der Waals surface area contributed by atoms with Crippen LogP contribution in [0, 0.1) is 0 Å². The van der Waals surface area contributed by atoms with Crippen LogP contribution in [0.25, 0.3) is 0 Å². The van der Waals surface area contributed by atoms with Crippen LogP contribution in [0.4, 0.5) is 0 Å². The molecule has 0 aromatic carbocycles. The van der Waals surface area contributed by atoms with E-state index in [1.165, 1.54) is 0 Å². The summed E-state index contributed by atoms with van der Waals surface area (Å²) in [4.78, 5) is 24.1. The minimum atomic E-state index is -0.365. The molecule has 0 amide bonds. The van der Waals surface area contributed by atoms with Crippen molar-refractivity contribution in [3.8, 4) is 0 Å². The van der Waals surface area contributed by atoms with E-state index >= 15 is 0 Å². The molecule has 1 aliphatic rings. The number of carbonyl (C=O) groups is 2. The fourth-order valence-corrected chi connectivity index (χ4v) is 3.41. The van der Waals surface area contributed by atoms with E-state index in [9.17, 15) is 9.59 Å². The molecule has 0 radical (unpaired) electrons. The van der Waals surface area contributed by atoms with Crippen molar-refractivity contribution in [1.82, 2.24) is 20.2 Å². The fourth-order valence-electron chi connectivity index (χ4n) is 3.41. The highest BCUT2D eigenvalue weighted by Gasteiger charge is 2.34. The lowest BCUT2D eigenvalue weighted by molar-refractivity contribution is -0.146. The highest BCUT2D eigenvalue weighted by Crippen LogP contribution is 2.19. The number of unbranched alkanes of at least 4 members (excludes halogenated alkanes) is 1. The van der Waals surface area contributed by atoms with Gasteiger partial charge in [-0.3, -0.25) is 9.48 Å². The maximum atomic E-state index is 12.1. The van der Waals surface area contributed by atoms with Crippen molar-refractivity contribution in [3.63, 3.8) is 0 Å². The monoisotopic (exact) mass is 394 g/mol. The third-order valence-electron chi connectivity index (χ3n) is 5.00. The molecule has 1 aromatic rings. The highest BCUT2D eigenvalue weighted by atomic mass is 16.5. The van der Waals surface area contributed by atoms with Crippen molar-refractivity contribution in [2.24, 2.45) is 7.05 Å². The van der Waals surface area contributed by atoms with E-state index in [4.69, 9.17) is 9.47 Å². The minimum absolute atomic E-state index is 0.178. The van der Waals surface area contributed by atoms with Gasteiger partial charge < -0.3 is 9.47 Å². The molecule has 0 spiro atoms. The minimum Gasteiger partial charge on any atom is -0.465 e. The van der Waals surface area contributed by atoms with E-state index in [0.717, 1.165) is 50.6 Å². The molecule has 1 saturated heterocycles. The number of nitrogens with zero attached hydrogens (tertiary/aromatic N) is 3. The first kappa shape index (κ1) is 22.4. The first-order chi connectivity index (χ1) is 13.5. The van der Waals surface area contributed by atoms with Crippen LogP contribution in [0.1, 0.15) is 68.6 Å². The Hall–Kier alpha value is -1.93. The lowest BCUT2D eigenvalue weighted by atomic mass is 10.0. The molecular formula is C20H34N4O4. The normalized spacial score (nSPS) is 19.7. The summed E-state index contributed by atoms with van der Waals surface area (Å²) in [5.41, 5.74) is 4.59. The van der Waals surface area contributed by atoms with Crippen molar-refractivity contribution in [2.45, 2.75) is 70.9 Å². The molecule has 1 aliphatic heterocycles. The molecule has 0 bridgehead atoms. The van der Waals surface area contributed by atoms with Gasteiger partial charge in [0.15, 0.2) is 5.69 Å². The van der Waals surface area contributed by atoms with Crippen molar-refractivity contribution in [1.29, 1.82) is 0 Å². The van der Waals surface area contributed by atoms with Gasteiger partial charge in [0, 0.05) is 25.8 Å². The average Bonchev–Trinajstić information content (AvgIpc) is 3.22. The largest absolute Gasteiger partial charge is 0.465 e. The topological polar surface area (TPSA) is 85.7 Å². The van der Waals surface area contributed by atoms with E-state index in [0.29, 0.717) is 18.9 Å². The molecular weight excluding hydrogens is 360 g/mol. The van der Waals surface area contributed by atoms with Gasteiger partial charge >= 0.3 is 11.9 Å². The van der Waals surface area contributed by atoms with Crippen LogP contribution < -0.4 is 5.43 Å². The van der Waals surface area contributed by atoms with Crippen molar-refractivity contribution in [3.05, 3.63) is 17.5 Å². The molecule has 2 atom stereocenters. The van der Waals surface area contributed by atoms with Gasteiger partial charge in [0.1, 0.15) is 6.04 Å². The van der Waals surface area contributed by atoms with Crippen LogP contribution in [-0.2, 0) is 27.7 Å². The van der Waals surface area contributed by atoms with Gasteiger partial charge in [-0.15, -0.1) is 0 Å². The molecule has 28 heavy (non-hydrogen) atoms. The van der Waals surface area contributed by atoms with Gasteiger partial charge in [0.2, 0.25) is 0 Å². The molecule has 1 N–H and O–H groups in total. The molecule has 0 saturated carbocycles. The van der Waals surface area contributed by atoms with Crippen LogP contribution >= 0.6 is 0 Å². The lowest BCUT2D eigenvalue weighted by Gasteiger charge is -2.18. The Kier molecular flexibility index (Phi) is 8.92. The van der Waals surface area contributed by atoms with Crippen molar-refractivity contribution < 1.29 is 19.1 Å². The second-order valence-corrected chi connectivity index (χ2v) is 7.38. The summed E-state index contributed by atoms with van der Waals surface area (Å²) in [6, 6.07) is 1.83. The maximum absolute atomic E-state index is 12.1. The summed E-state index contributed by atoms with van der Waals surface area (Å²) in [7, 11) is 3.80. The van der Waals surface area contributed by atoms with Crippen LogP contribution in [0.15, 0.2) is 6.07 Å². The van der Waals surface area contributed by atoms with Crippen LogP contribution in [-0.4, -0.2) is 59.1 Å². The zero-order chi connectivity index (χ0) is 20.5. The number of hydrazine groups is 1. The van der Waals surface area contributed by atoms with E-state index in [2.05, 4.69) is 17.4 Å². The quantitative estimate of drug-likeness (QED) is 0.455. The molecule has 2 unspecified atom stereocenters. The summed E-state index contributed by atoms with van der Waals surface area (Å²) in [6.07, 6.45) is 6.12. The molecule has 158 valence electrons. The number of ether oxygens (including phenoxy) is 2. The van der Waals surface area contributed by atoms with Crippen molar-refractivity contribution in [2.75, 3.05) is 20.3 Å². The van der Waals surface area contributed by atoms with Gasteiger partial charge in [-0.1, -0.05) is 20.3 Å². The third kappa shape index (κ3) is 6.31. The predicted molar refractivity (Wildman–Crippen MR) is 106 cm³/mol. The number of aryl methyl sites for hydroxylation is 2. The maximum Gasteiger partial charge on any atom is 0.358 e. The molecule has 8 heteroatoms. The summed E-state index contributed by atoms with van der Waals surface area (Å²) < 4.78 is 12.3. The van der Waals surface area contributed by atoms with Gasteiger partial charge in [-0.2, -0.15) is 5.10 Å². The number of aromatic nitrogens is 2. The first-order valence-electron chi connectivity index (χ1n) is 10.3. The zero-order valence-corrected chi connectivity index (χ0v) is 17.6. The highest BCUT2D eigenvalue weighted by molar-refractivity contribution is 5.87. The van der Waals surface area contributed by atoms with E-state index in [1.54, 1.807) is 4.68 Å². The van der Waals surface area contributed by atoms with E-state index in [1.807, 2.05) is 32.1 Å². The second kappa shape index (κ2) is 11.2. The van der Waals surface area contributed by atoms with Crippen LogP contribution in [0.3, 0.4) is 0 Å². The number of nitrogens with one attached hydrogen (secondary N) is 1. The Bertz CT molecular complexity index is 646. The van der Waals surface area contributed by atoms with E-state index in [-0.39, 0.29) is 24.0 Å². The van der Waals surface area contributed by atoms with Gasteiger partial charge in [-0.05, 0) is 44.6 Å². The smallest absolute Gasteiger partial charge is 0.358 e. The Balaban J connectivity index is 1.65. The number of esters is 2. The SMILES string of the molecule is CCCOC(=O)C1CC(CCCCOC(=O)c2cc(CCC)n(C)n2)N(C)N1. The molecule has 2 heterocycles. The van der Waals surface area contributed by atoms with Crippen molar-refractivity contribution >= 4 is 11.9 Å². The van der Waals surface area contributed by atoms with Gasteiger partial charge in [0.05, 0.1) is 13.2 Å². The predicted octanol–water partition coefficient (Wildman–Crippen LogP) is 2.23. The fraction of sp³-hybridized carbons (Fsp3) is 0.750. The van der Waals surface area contributed by atoms with Gasteiger partial charge in [-0.25, -0.2) is 15.2 Å². The van der Waals surface area contributed by atoms with Gasteiger partial charge in [0.25, 0.3) is 0 Å². The first-order valence-corrected chi connectivity index (χ1v) is 10.3. The summed E-state index contributed by atoms with van der Waals surface area (Å²) in [5.74, 6) is -0.542. The summed E-state index contributed by atoms with van der Waals surface area (Å²) >= 11 is 0. The Morgan fingerprint density at radius 2 is 1.96 bits per heavy atom. The Labute approximate surface area is 167 Å². The van der Waals surface area contributed by atoms with Crippen LogP contribution in [0.5, 0.6) is 0 Å². The Morgan fingerprint density at radius 3 is 2.68 bits per heavy atom. The second-order valence-electron chi connectivity index (χ2n) is 7.38. The molecule has 1 fully saturated rings. The standard InChI is InChI=1S/C20H34N4O4/c1-5-9-15-13-17(21-23(15)3)20(26)28-12-8-7-10-16-14-18(22-24(16)4)19(25)27-11-6-2/h13,16,18,22H,5-12,14H2,1-4H3. The zero-order valence-electron chi connectivity index (χ0n) is 17.6.